The van der Waals surface area contributed by atoms with Crippen LogP contribution in [0, 0.1) is 5.92 Å². The Hall–Kier alpha value is -0.700. The average Bonchev–Trinajstić information content (AvgIpc) is 2.81. The molecule has 19 heavy (non-hydrogen) atoms. The molecule has 1 atom stereocenters. The molecule has 1 saturated heterocycles. The van der Waals surface area contributed by atoms with E-state index in [1.54, 1.807) is 0 Å². The van der Waals surface area contributed by atoms with Crippen molar-refractivity contribution in [2.75, 3.05) is 39.8 Å². The summed E-state index contributed by atoms with van der Waals surface area (Å²) in [6.07, 6.45) is 10.2. The van der Waals surface area contributed by atoms with Crippen molar-refractivity contribution in [3.05, 3.63) is 12.4 Å². The summed E-state index contributed by atoms with van der Waals surface area (Å²) >= 11 is 0. The molecule has 1 unspecified atom stereocenters. The van der Waals surface area contributed by atoms with Gasteiger partial charge in [0.15, 0.2) is 0 Å². The quantitative estimate of drug-likeness (QED) is 0.684. The van der Waals surface area contributed by atoms with Gasteiger partial charge in [-0.05, 0) is 52.6 Å². The molecule has 0 aromatic carbocycles. The van der Waals surface area contributed by atoms with Crippen LogP contribution in [0.3, 0.4) is 0 Å². The van der Waals surface area contributed by atoms with Crippen molar-refractivity contribution in [2.24, 2.45) is 5.92 Å². The lowest BCUT2D eigenvalue weighted by atomic mass is 10.0. The molecular formula is C16H31N3. The molecule has 2 rings (SSSR count). The number of unbranched alkanes of at least 4 members (excludes halogenated alkanes) is 1. The van der Waals surface area contributed by atoms with Crippen LogP contribution in [-0.2, 0) is 0 Å². The third kappa shape index (κ3) is 4.72. The van der Waals surface area contributed by atoms with Gasteiger partial charge >= 0.3 is 0 Å². The Morgan fingerprint density at radius 1 is 1.11 bits per heavy atom. The molecule has 0 aromatic rings. The Balaban J connectivity index is 1.56. The maximum absolute atomic E-state index is 2.49. The highest BCUT2D eigenvalue weighted by Crippen LogP contribution is 2.20. The first-order valence-corrected chi connectivity index (χ1v) is 8.02. The van der Waals surface area contributed by atoms with Crippen LogP contribution < -0.4 is 0 Å². The lowest BCUT2D eigenvalue weighted by Gasteiger charge is -2.33. The highest BCUT2D eigenvalue weighted by Gasteiger charge is 2.18. The summed E-state index contributed by atoms with van der Waals surface area (Å²) in [7, 11) is 2.25. The van der Waals surface area contributed by atoms with Gasteiger partial charge in [-0.2, -0.15) is 0 Å². The number of nitrogens with zero attached hydrogens (tertiary/aromatic N) is 3. The van der Waals surface area contributed by atoms with Crippen LogP contribution in [0.25, 0.3) is 0 Å². The minimum absolute atomic E-state index is 0.637. The molecule has 2 aliphatic heterocycles. The SMILES string of the molecule is CC(C)N1C=CN(CCCCC2CCN(C)C2)CC1. The van der Waals surface area contributed by atoms with Crippen LogP contribution in [0.1, 0.15) is 39.5 Å². The van der Waals surface area contributed by atoms with Gasteiger partial charge in [-0.3, -0.25) is 0 Å². The molecule has 0 aromatic heterocycles. The third-order valence-electron chi connectivity index (χ3n) is 4.57. The lowest BCUT2D eigenvalue weighted by Crippen LogP contribution is -2.38. The van der Waals surface area contributed by atoms with Crippen molar-refractivity contribution in [3.8, 4) is 0 Å². The fourth-order valence-corrected chi connectivity index (χ4v) is 3.20. The van der Waals surface area contributed by atoms with Crippen LogP contribution in [-0.4, -0.2) is 60.5 Å². The molecule has 1 fully saturated rings. The molecule has 0 amide bonds. The normalized spacial score (nSPS) is 24.7. The van der Waals surface area contributed by atoms with Gasteiger partial charge in [0.25, 0.3) is 0 Å². The van der Waals surface area contributed by atoms with Crippen molar-refractivity contribution in [2.45, 2.75) is 45.6 Å². The Bertz CT molecular complexity index is 288. The average molecular weight is 265 g/mol. The Morgan fingerprint density at radius 3 is 2.53 bits per heavy atom. The fraction of sp³-hybridized carbons (Fsp3) is 0.875. The van der Waals surface area contributed by atoms with Crippen LogP contribution >= 0.6 is 0 Å². The fourth-order valence-electron chi connectivity index (χ4n) is 3.20. The van der Waals surface area contributed by atoms with E-state index in [-0.39, 0.29) is 0 Å². The van der Waals surface area contributed by atoms with Gasteiger partial charge in [0.05, 0.1) is 0 Å². The topological polar surface area (TPSA) is 9.72 Å². The first-order valence-electron chi connectivity index (χ1n) is 8.02. The standard InChI is InChI=1S/C16H31N3/c1-15(2)19-12-10-18(11-13-19)8-5-4-6-16-7-9-17(3)14-16/h10,12,15-16H,4-9,11,13-14H2,1-3H3. The summed E-state index contributed by atoms with van der Waals surface area (Å²) < 4.78 is 0. The maximum Gasteiger partial charge on any atom is 0.0351 e. The first kappa shape index (κ1) is 14.7. The smallest absolute Gasteiger partial charge is 0.0351 e. The van der Waals surface area contributed by atoms with Crippen molar-refractivity contribution >= 4 is 0 Å². The van der Waals surface area contributed by atoms with Gasteiger partial charge in [0.1, 0.15) is 0 Å². The summed E-state index contributed by atoms with van der Waals surface area (Å²) in [5.74, 6) is 0.971. The predicted molar refractivity (Wildman–Crippen MR) is 82.0 cm³/mol. The minimum atomic E-state index is 0.637. The second kappa shape index (κ2) is 7.18. The molecule has 2 heterocycles. The molecule has 3 heteroatoms. The van der Waals surface area contributed by atoms with E-state index in [1.807, 2.05) is 0 Å². The summed E-state index contributed by atoms with van der Waals surface area (Å²) in [6.45, 7) is 10.8. The van der Waals surface area contributed by atoms with Crippen LogP contribution in [0.5, 0.6) is 0 Å². The van der Waals surface area contributed by atoms with Crippen LogP contribution in [0.15, 0.2) is 12.4 Å². The van der Waals surface area contributed by atoms with Crippen molar-refractivity contribution < 1.29 is 0 Å². The second-order valence-electron chi connectivity index (χ2n) is 6.58. The Kier molecular flexibility index (Phi) is 5.56. The van der Waals surface area contributed by atoms with E-state index in [0.29, 0.717) is 6.04 Å². The lowest BCUT2D eigenvalue weighted by molar-refractivity contribution is 0.226. The zero-order chi connectivity index (χ0) is 13.7. The molecule has 0 N–H and O–H groups in total. The molecule has 0 bridgehead atoms. The highest BCUT2D eigenvalue weighted by atomic mass is 15.2. The van der Waals surface area contributed by atoms with E-state index in [1.165, 1.54) is 58.4 Å². The molecule has 0 spiro atoms. The molecule has 3 nitrogen and oxygen atoms in total. The van der Waals surface area contributed by atoms with Gasteiger partial charge in [0.2, 0.25) is 0 Å². The highest BCUT2D eigenvalue weighted by molar-refractivity contribution is 4.90. The van der Waals surface area contributed by atoms with Crippen LogP contribution in [0.2, 0.25) is 0 Å². The van der Waals surface area contributed by atoms with E-state index in [0.717, 1.165) is 5.92 Å². The monoisotopic (exact) mass is 265 g/mol. The minimum Gasteiger partial charge on any atom is -0.374 e. The van der Waals surface area contributed by atoms with Gasteiger partial charge < -0.3 is 14.7 Å². The number of hydrogen-bond acceptors (Lipinski definition) is 3. The zero-order valence-electron chi connectivity index (χ0n) is 13.0. The maximum atomic E-state index is 2.49. The van der Waals surface area contributed by atoms with E-state index in [4.69, 9.17) is 0 Å². The van der Waals surface area contributed by atoms with E-state index in [9.17, 15) is 0 Å². The molecule has 0 radical (unpaired) electrons. The van der Waals surface area contributed by atoms with Crippen molar-refractivity contribution in [3.63, 3.8) is 0 Å². The van der Waals surface area contributed by atoms with Crippen LogP contribution in [0.4, 0.5) is 0 Å². The number of likely N-dealkylation sites (tertiary alicyclic amines) is 1. The molecule has 0 aliphatic carbocycles. The van der Waals surface area contributed by atoms with Crippen molar-refractivity contribution in [1.29, 1.82) is 0 Å². The van der Waals surface area contributed by atoms with Gasteiger partial charge in [-0.25, -0.2) is 0 Å². The molecule has 2 aliphatic rings. The second-order valence-corrected chi connectivity index (χ2v) is 6.58. The number of hydrogen-bond donors (Lipinski definition) is 0. The summed E-state index contributed by atoms with van der Waals surface area (Å²) in [5, 5.41) is 0. The summed E-state index contributed by atoms with van der Waals surface area (Å²) in [4.78, 5) is 7.38. The van der Waals surface area contributed by atoms with Gasteiger partial charge in [0, 0.05) is 44.6 Å². The first-order chi connectivity index (χ1) is 9.15. The molecule has 0 saturated carbocycles. The zero-order valence-corrected chi connectivity index (χ0v) is 13.0. The van der Waals surface area contributed by atoms with Gasteiger partial charge in [-0.15, -0.1) is 0 Å². The molecule has 110 valence electrons. The third-order valence-corrected chi connectivity index (χ3v) is 4.57. The Morgan fingerprint density at radius 2 is 1.95 bits per heavy atom. The Labute approximate surface area is 119 Å². The van der Waals surface area contributed by atoms with E-state index < -0.39 is 0 Å². The van der Waals surface area contributed by atoms with E-state index in [2.05, 4.69) is 48.0 Å². The van der Waals surface area contributed by atoms with Crippen molar-refractivity contribution in [1.82, 2.24) is 14.7 Å². The van der Waals surface area contributed by atoms with Gasteiger partial charge in [-0.1, -0.05) is 6.42 Å². The summed E-state index contributed by atoms with van der Waals surface area (Å²) in [6, 6.07) is 0.637. The van der Waals surface area contributed by atoms with E-state index >= 15 is 0 Å². The molecular weight excluding hydrogens is 234 g/mol. The summed E-state index contributed by atoms with van der Waals surface area (Å²) in [5.41, 5.74) is 0. The number of rotatable bonds is 6. The largest absolute Gasteiger partial charge is 0.374 e. The predicted octanol–water partition coefficient (Wildman–Crippen LogP) is 2.61.